The molecule has 0 fully saturated rings. The third-order valence-electron chi connectivity index (χ3n) is 6.28. The Labute approximate surface area is 227 Å². The summed E-state index contributed by atoms with van der Waals surface area (Å²) in [4.78, 5) is 34.4. The molecule has 36 heavy (non-hydrogen) atoms. The van der Waals surface area contributed by atoms with Gasteiger partial charge in [-0.15, -0.1) is 0 Å². The number of rotatable bonds is 6. The van der Waals surface area contributed by atoms with E-state index in [2.05, 4.69) is 47.1 Å². The van der Waals surface area contributed by atoms with Crippen molar-refractivity contribution >= 4 is 49.2 Å². The number of hydrogen-bond acceptors (Lipinski definition) is 4. The number of aromatic nitrogens is 2. The number of hydrogen-bond donors (Lipinski definition) is 1. The number of Topliss-reactive ketones (excluding diaryl/α,β-unsaturated/α-hetero) is 1. The normalized spacial score (nSPS) is 10.8. The second kappa shape index (κ2) is 10.8. The van der Waals surface area contributed by atoms with Crippen molar-refractivity contribution < 1.29 is 9.59 Å². The van der Waals surface area contributed by atoms with E-state index in [9.17, 15) is 9.59 Å². The Morgan fingerprint density at radius 3 is 1.97 bits per heavy atom. The number of benzene rings is 2. The number of amides is 1. The van der Waals surface area contributed by atoms with Crippen LogP contribution in [0.3, 0.4) is 0 Å². The number of pyridine rings is 2. The van der Waals surface area contributed by atoms with Gasteiger partial charge in [0.1, 0.15) is 11.4 Å². The first kappa shape index (κ1) is 25.9. The summed E-state index contributed by atoms with van der Waals surface area (Å²) in [7, 11) is 0. The van der Waals surface area contributed by atoms with Gasteiger partial charge in [0, 0.05) is 33.4 Å². The molecular weight excluding hydrogens is 582 g/mol. The smallest absolute Gasteiger partial charge is 0.274 e. The lowest BCUT2D eigenvalue weighted by molar-refractivity contribution is 0.0986. The molecule has 4 aromatic rings. The van der Waals surface area contributed by atoms with Gasteiger partial charge in [0.05, 0.1) is 0 Å². The number of anilines is 1. The van der Waals surface area contributed by atoms with E-state index in [1.54, 1.807) is 18.5 Å². The van der Waals surface area contributed by atoms with E-state index >= 15 is 0 Å². The van der Waals surface area contributed by atoms with Gasteiger partial charge in [-0.25, -0.2) is 4.98 Å². The highest BCUT2D eigenvalue weighted by Gasteiger charge is 2.17. The molecule has 1 amide bonds. The van der Waals surface area contributed by atoms with E-state index in [1.807, 2.05) is 70.2 Å². The summed E-state index contributed by atoms with van der Waals surface area (Å²) in [6, 6.07) is 15.4. The largest absolute Gasteiger partial charge is 0.320 e. The number of nitrogens with zero attached hydrogens (tertiary/aromatic N) is 2. The van der Waals surface area contributed by atoms with Crippen LogP contribution in [0, 0.1) is 27.7 Å². The lowest BCUT2D eigenvalue weighted by Gasteiger charge is -2.16. The van der Waals surface area contributed by atoms with Crippen molar-refractivity contribution in [1.29, 1.82) is 0 Å². The molecule has 182 valence electrons. The van der Waals surface area contributed by atoms with Crippen LogP contribution in [0.15, 0.2) is 69.9 Å². The van der Waals surface area contributed by atoms with Gasteiger partial charge < -0.3 is 5.32 Å². The predicted molar refractivity (Wildman–Crippen MR) is 151 cm³/mol. The van der Waals surface area contributed by atoms with Crippen LogP contribution in [0.4, 0.5) is 5.69 Å². The van der Waals surface area contributed by atoms with Crippen LogP contribution in [0.5, 0.6) is 0 Å². The van der Waals surface area contributed by atoms with Gasteiger partial charge in [-0.2, -0.15) is 0 Å². The molecule has 0 aliphatic carbocycles. The molecule has 0 atom stereocenters. The highest BCUT2D eigenvalue weighted by molar-refractivity contribution is 9.10. The second-order valence-electron chi connectivity index (χ2n) is 8.76. The average molecular weight is 607 g/mol. The highest BCUT2D eigenvalue weighted by atomic mass is 79.9. The third-order valence-corrected chi connectivity index (χ3v) is 7.94. The van der Waals surface area contributed by atoms with Gasteiger partial charge in [0.15, 0.2) is 5.78 Å². The Bertz CT molecular complexity index is 1390. The van der Waals surface area contributed by atoms with Crippen LogP contribution in [-0.4, -0.2) is 21.7 Å². The van der Waals surface area contributed by atoms with E-state index in [0.717, 1.165) is 53.6 Å². The molecule has 0 aliphatic rings. The lowest BCUT2D eigenvalue weighted by Crippen LogP contribution is -2.15. The summed E-state index contributed by atoms with van der Waals surface area (Å²) in [6.45, 7) is 7.87. The zero-order valence-corrected chi connectivity index (χ0v) is 23.6. The molecule has 0 spiro atoms. The van der Waals surface area contributed by atoms with Crippen molar-refractivity contribution in [1.82, 2.24) is 9.97 Å². The maximum Gasteiger partial charge on any atom is 0.274 e. The van der Waals surface area contributed by atoms with Crippen LogP contribution in [0.25, 0.3) is 11.1 Å². The quantitative estimate of drug-likeness (QED) is 0.230. The van der Waals surface area contributed by atoms with E-state index in [-0.39, 0.29) is 18.1 Å². The molecule has 4 rings (SSSR count). The van der Waals surface area contributed by atoms with E-state index in [1.165, 1.54) is 0 Å². The van der Waals surface area contributed by atoms with Gasteiger partial charge in [0.2, 0.25) is 0 Å². The Morgan fingerprint density at radius 2 is 1.33 bits per heavy atom. The van der Waals surface area contributed by atoms with Crippen LogP contribution in [0.2, 0.25) is 0 Å². The molecule has 0 aliphatic heterocycles. The van der Waals surface area contributed by atoms with E-state index in [4.69, 9.17) is 0 Å². The maximum absolute atomic E-state index is 13.0. The molecule has 2 aromatic carbocycles. The minimum absolute atomic E-state index is 0.0270. The zero-order valence-electron chi connectivity index (χ0n) is 20.4. The van der Waals surface area contributed by atoms with Crippen LogP contribution in [0.1, 0.15) is 48.8 Å². The summed E-state index contributed by atoms with van der Waals surface area (Å²) >= 11 is 6.85. The summed E-state index contributed by atoms with van der Waals surface area (Å²) in [6.07, 6.45) is 3.56. The monoisotopic (exact) mass is 605 g/mol. The van der Waals surface area contributed by atoms with Crippen LogP contribution < -0.4 is 5.32 Å². The topological polar surface area (TPSA) is 72.0 Å². The van der Waals surface area contributed by atoms with Crippen molar-refractivity contribution in [3.8, 4) is 11.1 Å². The Morgan fingerprint density at radius 1 is 0.778 bits per heavy atom. The summed E-state index contributed by atoms with van der Waals surface area (Å²) < 4.78 is 1.74. The van der Waals surface area contributed by atoms with Crippen molar-refractivity contribution in [3.05, 3.63) is 109 Å². The number of halogens is 2. The molecule has 2 aromatic heterocycles. The van der Waals surface area contributed by atoms with Gasteiger partial charge >= 0.3 is 0 Å². The van der Waals surface area contributed by atoms with E-state index in [0.29, 0.717) is 11.4 Å². The first-order chi connectivity index (χ1) is 17.2. The fourth-order valence-electron chi connectivity index (χ4n) is 4.03. The molecular formula is C29H25Br2N3O2. The fraction of sp³-hybridized carbons (Fsp3) is 0.172. The molecule has 7 heteroatoms. The molecule has 0 saturated heterocycles. The number of nitrogens with one attached hydrogen (secondary N) is 1. The SMILES string of the molecule is Cc1cc(C(=O)Cc2cccc(-c3cccc(NC(=O)c4cc(C)c(Br)cn4)c3C)c2C)ncc1Br. The van der Waals surface area contributed by atoms with Crippen LogP contribution in [-0.2, 0) is 6.42 Å². The Kier molecular flexibility index (Phi) is 7.81. The molecule has 0 radical (unpaired) electrons. The van der Waals surface area contributed by atoms with Gasteiger partial charge in [-0.1, -0.05) is 30.3 Å². The first-order valence-corrected chi connectivity index (χ1v) is 13.0. The lowest BCUT2D eigenvalue weighted by atomic mass is 9.91. The Hall–Kier alpha value is -3.16. The molecule has 5 nitrogen and oxygen atoms in total. The minimum Gasteiger partial charge on any atom is -0.320 e. The van der Waals surface area contributed by atoms with Crippen LogP contribution >= 0.6 is 31.9 Å². The van der Waals surface area contributed by atoms with Crippen molar-refractivity contribution in [3.63, 3.8) is 0 Å². The second-order valence-corrected chi connectivity index (χ2v) is 10.5. The predicted octanol–water partition coefficient (Wildman–Crippen LogP) is 7.58. The van der Waals surface area contributed by atoms with Crippen molar-refractivity contribution in [2.45, 2.75) is 34.1 Å². The summed E-state index contributed by atoms with van der Waals surface area (Å²) in [5, 5.41) is 3.00. The first-order valence-electron chi connectivity index (χ1n) is 11.4. The van der Waals surface area contributed by atoms with Gasteiger partial charge in [-0.05, 0) is 117 Å². The number of carbonyl (C=O) groups is 2. The zero-order chi connectivity index (χ0) is 26.0. The summed E-state index contributed by atoms with van der Waals surface area (Å²) in [5.41, 5.74) is 8.38. The van der Waals surface area contributed by atoms with Gasteiger partial charge in [-0.3, -0.25) is 14.6 Å². The molecule has 2 heterocycles. The maximum atomic E-state index is 13.0. The molecule has 0 saturated carbocycles. The molecule has 0 bridgehead atoms. The minimum atomic E-state index is -0.265. The van der Waals surface area contributed by atoms with Crippen molar-refractivity contribution in [2.24, 2.45) is 0 Å². The molecule has 1 N–H and O–H groups in total. The molecule has 0 unspecified atom stereocenters. The Balaban J connectivity index is 1.61. The number of ketones is 1. The average Bonchev–Trinajstić information content (AvgIpc) is 2.85. The van der Waals surface area contributed by atoms with Gasteiger partial charge in [0.25, 0.3) is 5.91 Å². The summed E-state index contributed by atoms with van der Waals surface area (Å²) in [5.74, 6) is -0.292. The van der Waals surface area contributed by atoms with Crippen molar-refractivity contribution in [2.75, 3.05) is 5.32 Å². The highest BCUT2D eigenvalue weighted by Crippen LogP contribution is 2.33. The third kappa shape index (κ3) is 5.47. The fourth-order valence-corrected chi connectivity index (χ4v) is 4.47. The number of aryl methyl sites for hydroxylation is 2. The van der Waals surface area contributed by atoms with E-state index < -0.39 is 0 Å². The standard InChI is InChI=1S/C29H25Br2N3O2/c1-16-11-26(32-14-23(16)30)28(35)13-20-7-5-8-21(18(20)3)22-9-6-10-25(19(22)4)34-29(36)27-12-17(2)24(31)15-33-27/h5-12,14-15H,13H2,1-4H3,(H,34,36). The number of carbonyl (C=O) groups excluding carboxylic acids is 2.